The van der Waals surface area contributed by atoms with Gasteiger partial charge < -0.3 is 0 Å². The fraction of sp³-hybridized carbons (Fsp3) is 0.280. The van der Waals surface area contributed by atoms with Crippen LogP contribution in [0, 0.1) is 29.1 Å². The Morgan fingerprint density at radius 3 is 2.37 bits per heavy atom. The molecule has 0 amide bonds. The number of hydrogen-bond acceptors (Lipinski definition) is 0. The van der Waals surface area contributed by atoms with Crippen molar-refractivity contribution in [1.29, 1.82) is 0 Å². The van der Waals surface area contributed by atoms with Gasteiger partial charge in [0.1, 0.15) is 5.82 Å². The molecule has 156 valence electrons. The van der Waals surface area contributed by atoms with E-state index in [1.54, 1.807) is 18.2 Å². The molecule has 0 heterocycles. The number of hydrogen-bond donors (Lipinski definition) is 0. The van der Waals surface area contributed by atoms with Crippen LogP contribution in [-0.4, -0.2) is 0 Å². The summed E-state index contributed by atoms with van der Waals surface area (Å²) in [6.45, 7) is 1.91. The van der Waals surface area contributed by atoms with Crippen LogP contribution in [-0.2, 0) is 19.3 Å². The number of rotatable bonds is 4. The summed E-state index contributed by atoms with van der Waals surface area (Å²) in [5.74, 6) is -4.33. The number of aryl methyl sites for hydroxylation is 1. The van der Waals surface area contributed by atoms with Gasteiger partial charge in [-0.25, -0.2) is 22.0 Å². The standard InChI is InChI=1S/C25H21F5/c1-2-3-14-4-8-20(25(30)23(14)28)16-6-9-18-15(12-16)5-10-19(24(18)29)17-7-11-21(26)22(27)13-17/h4-5,7-8,10-11,13,16H,2-3,6,9,12H2,1H3. The van der Waals surface area contributed by atoms with Gasteiger partial charge in [0.15, 0.2) is 23.3 Å². The summed E-state index contributed by atoms with van der Waals surface area (Å²) in [7, 11) is 0. The van der Waals surface area contributed by atoms with Gasteiger partial charge >= 0.3 is 0 Å². The average molecular weight is 416 g/mol. The summed E-state index contributed by atoms with van der Waals surface area (Å²) in [5, 5.41) is 0. The van der Waals surface area contributed by atoms with Crippen LogP contribution in [0.4, 0.5) is 22.0 Å². The zero-order valence-electron chi connectivity index (χ0n) is 16.5. The zero-order valence-corrected chi connectivity index (χ0v) is 16.5. The van der Waals surface area contributed by atoms with Crippen LogP contribution < -0.4 is 0 Å². The van der Waals surface area contributed by atoms with Gasteiger partial charge in [-0.2, -0.15) is 0 Å². The van der Waals surface area contributed by atoms with Crippen molar-refractivity contribution in [2.24, 2.45) is 0 Å². The predicted octanol–water partition coefficient (Wildman–Crippen LogP) is 7.27. The summed E-state index contributed by atoms with van der Waals surface area (Å²) in [4.78, 5) is 0. The molecular formula is C25H21F5. The summed E-state index contributed by atoms with van der Waals surface area (Å²) in [6.07, 6.45) is 2.45. The van der Waals surface area contributed by atoms with E-state index in [1.165, 1.54) is 12.1 Å². The van der Waals surface area contributed by atoms with Gasteiger partial charge in [0.2, 0.25) is 0 Å². The fourth-order valence-electron chi connectivity index (χ4n) is 4.34. The van der Waals surface area contributed by atoms with Gasteiger partial charge in [0.25, 0.3) is 0 Å². The molecule has 1 unspecified atom stereocenters. The van der Waals surface area contributed by atoms with Gasteiger partial charge in [-0.1, -0.05) is 43.7 Å². The lowest BCUT2D eigenvalue weighted by atomic mass is 9.78. The second kappa shape index (κ2) is 8.21. The molecule has 0 aliphatic heterocycles. The summed E-state index contributed by atoms with van der Waals surface area (Å²) >= 11 is 0. The Balaban J connectivity index is 1.65. The van der Waals surface area contributed by atoms with E-state index in [1.807, 2.05) is 6.92 Å². The largest absolute Gasteiger partial charge is 0.206 e. The van der Waals surface area contributed by atoms with Crippen LogP contribution in [0.2, 0.25) is 0 Å². The van der Waals surface area contributed by atoms with Crippen molar-refractivity contribution in [3.05, 3.63) is 93.8 Å². The average Bonchev–Trinajstić information content (AvgIpc) is 2.74. The molecule has 0 N–H and O–H groups in total. The topological polar surface area (TPSA) is 0 Å². The Morgan fingerprint density at radius 1 is 0.833 bits per heavy atom. The molecule has 0 radical (unpaired) electrons. The normalized spacial score (nSPS) is 15.9. The fourth-order valence-corrected chi connectivity index (χ4v) is 4.34. The second-order valence-corrected chi connectivity index (χ2v) is 7.83. The lowest BCUT2D eigenvalue weighted by Crippen LogP contribution is -2.16. The molecule has 4 rings (SSSR count). The molecule has 1 atom stereocenters. The van der Waals surface area contributed by atoms with E-state index in [9.17, 15) is 17.6 Å². The smallest absolute Gasteiger partial charge is 0.162 e. The first-order valence-electron chi connectivity index (χ1n) is 10.1. The third kappa shape index (κ3) is 3.62. The van der Waals surface area contributed by atoms with Gasteiger partial charge in [-0.3, -0.25) is 0 Å². The van der Waals surface area contributed by atoms with Crippen molar-refractivity contribution in [1.82, 2.24) is 0 Å². The van der Waals surface area contributed by atoms with Crippen LogP contribution in [0.3, 0.4) is 0 Å². The highest BCUT2D eigenvalue weighted by Crippen LogP contribution is 2.38. The molecule has 30 heavy (non-hydrogen) atoms. The van der Waals surface area contributed by atoms with E-state index >= 15 is 4.39 Å². The van der Waals surface area contributed by atoms with Crippen LogP contribution >= 0.6 is 0 Å². The monoisotopic (exact) mass is 416 g/mol. The Bertz CT molecular complexity index is 1100. The molecule has 0 fully saturated rings. The predicted molar refractivity (Wildman–Crippen MR) is 107 cm³/mol. The quantitative estimate of drug-likeness (QED) is 0.392. The first-order valence-corrected chi connectivity index (χ1v) is 10.1. The summed E-state index contributed by atoms with van der Waals surface area (Å²) in [5.41, 5.74) is 2.38. The van der Waals surface area contributed by atoms with Gasteiger partial charge in [0.05, 0.1) is 0 Å². The minimum Gasteiger partial charge on any atom is -0.206 e. The zero-order chi connectivity index (χ0) is 21.4. The van der Waals surface area contributed by atoms with Crippen molar-refractivity contribution in [2.75, 3.05) is 0 Å². The third-order valence-electron chi connectivity index (χ3n) is 5.93. The maximum atomic E-state index is 15.1. The summed E-state index contributed by atoms with van der Waals surface area (Å²) < 4.78 is 70.9. The molecule has 3 aromatic carbocycles. The van der Waals surface area contributed by atoms with Crippen LogP contribution in [0.15, 0.2) is 42.5 Å². The number of halogens is 5. The second-order valence-electron chi connectivity index (χ2n) is 7.83. The molecular weight excluding hydrogens is 395 g/mol. The molecule has 0 spiro atoms. The highest BCUT2D eigenvalue weighted by atomic mass is 19.2. The maximum Gasteiger partial charge on any atom is 0.162 e. The molecule has 0 aromatic heterocycles. The van der Waals surface area contributed by atoms with E-state index in [4.69, 9.17) is 0 Å². The molecule has 0 bridgehead atoms. The summed E-state index contributed by atoms with van der Waals surface area (Å²) in [6, 6.07) is 9.84. The van der Waals surface area contributed by atoms with Crippen LogP contribution in [0.1, 0.15) is 47.9 Å². The number of benzene rings is 3. The first-order chi connectivity index (χ1) is 14.4. The van der Waals surface area contributed by atoms with Crippen LogP contribution in [0.25, 0.3) is 11.1 Å². The van der Waals surface area contributed by atoms with E-state index in [2.05, 4.69) is 0 Å². The SMILES string of the molecule is CCCc1ccc(C2CCc3c(ccc(-c4ccc(F)c(F)c4)c3F)C2)c(F)c1F. The highest BCUT2D eigenvalue weighted by Gasteiger charge is 2.27. The Labute approximate surface area is 172 Å². The van der Waals surface area contributed by atoms with Crippen molar-refractivity contribution in [3.8, 4) is 11.1 Å². The molecule has 0 saturated heterocycles. The Kier molecular flexibility index (Phi) is 5.63. The molecule has 3 aromatic rings. The lowest BCUT2D eigenvalue weighted by Gasteiger charge is -2.27. The molecule has 0 saturated carbocycles. The van der Waals surface area contributed by atoms with Gasteiger partial charge in [-0.05, 0) is 71.6 Å². The van der Waals surface area contributed by atoms with Gasteiger partial charge in [0, 0.05) is 5.56 Å². The maximum absolute atomic E-state index is 15.1. The first kappa shape index (κ1) is 20.6. The van der Waals surface area contributed by atoms with Gasteiger partial charge in [-0.15, -0.1) is 0 Å². The van der Waals surface area contributed by atoms with Crippen molar-refractivity contribution >= 4 is 0 Å². The molecule has 1 aliphatic rings. The molecule has 0 nitrogen and oxygen atoms in total. The lowest BCUT2D eigenvalue weighted by molar-refractivity contribution is 0.464. The Hall–Kier alpha value is -2.69. The molecule has 1 aliphatic carbocycles. The third-order valence-corrected chi connectivity index (χ3v) is 5.93. The minimum absolute atomic E-state index is 0.201. The van der Waals surface area contributed by atoms with Crippen molar-refractivity contribution in [3.63, 3.8) is 0 Å². The number of fused-ring (bicyclic) bond motifs is 1. The molecule has 5 heteroatoms. The Morgan fingerprint density at radius 2 is 1.63 bits per heavy atom. The van der Waals surface area contributed by atoms with Crippen molar-refractivity contribution < 1.29 is 22.0 Å². The van der Waals surface area contributed by atoms with E-state index in [0.29, 0.717) is 42.4 Å². The van der Waals surface area contributed by atoms with E-state index < -0.39 is 29.1 Å². The van der Waals surface area contributed by atoms with Crippen LogP contribution in [0.5, 0.6) is 0 Å². The van der Waals surface area contributed by atoms with Crippen molar-refractivity contribution in [2.45, 2.75) is 44.9 Å². The highest BCUT2D eigenvalue weighted by molar-refractivity contribution is 5.66. The minimum atomic E-state index is -1.03. The van der Waals surface area contributed by atoms with E-state index in [0.717, 1.165) is 24.1 Å². The van der Waals surface area contributed by atoms with E-state index in [-0.39, 0.29) is 17.0 Å².